The second-order valence-corrected chi connectivity index (χ2v) is 8.73. The number of carbonyl (C=O) groups is 1. The van der Waals surface area contributed by atoms with E-state index in [0.29, 0.717) is 16.4 Å². The first-order valence-corrected chi connectivity index (χ1v) is 11.2. The molecule has 0 fully saturated rings. The first-order valence-electron chi connectivity index (χ1n) is 9.91. The van der Waals surface area contributed by atoms with Crippen LogP contribution in [0.25, 0.3) is 21.8 Å². The average Bonchev–Trinajstić information content (AvgIpc) is 3.29. The van der Waals surface area contributed by atoms with Crippen molar-refractivity contribution in [2.45, 2.75) is 0 Å². The summed E-state index contributed by atoms with van der Waals surface area (Å²) in [5.74, 6) is -0.421. The van der Waals surface area contributed by atoms with Crippen molar-refractivity contribution in [3.63, 3.8) is 0 Å². The SMILES string of the molecule is CN(C)c1ccc(C(=O)Nc2ccc(-c3csc(-c4ccc(Cl)cc4)n3)cc2)cc1[N+](=O)[O-]. The third-order valence-corrected chi connectivity index (χ3v) is 6.09. The number of thiazole rings is 1. The van der Waals surface area contributed by atoms with E-state index in [0.717, 1.165) is 21.8 Å². The van der Waals surface area contributed by atoms with Crippen molar-refractivity contribution >= 4 is 45.9 Å². The van der Waals surface area contributed by atoms with Gasteiger partial charge in [0.05, 0.1) is 10.6 Å². The molecule has 0 aliphatic heterocycles. The molecule has 0 saturated heterocycles. The third kappa shape index (κ3) is 5.02. The second kappa shape index (κ2) is 9.40. The van der Waals surface area contributed by atoms with E-state index >= 15 is 0 Å². The summed E-state index contributed by atoms with van der Waals surface area (Å²) in [5, 5.41) is 17.7. The standard InChI is InChI=1S/C24H19ClN4O3S/c1-28(2)21-12-7-17(13-22(21)29(31)32)23(30)26-19-10-5-15(6-11-19)20-14-33-24(27-20)16-3-8-18(25)9-4-16/h3-14H,1-2H3,(H,26,30). The monoisotopic (exact) mass is 478 g/mol. The normalized spacial score (nSPS) is 10.6. The molecule has 0 atom stereocenters. The molecule has 0 radical (unpaired) electrons. The molecule has 1 aromatic heterocycles. The maximum absolute atomic E-state index is 12.6. The number of benzene rings is 3. The lowest BCUT2D eigenvalue weighted by Gasteiger charge is -2.13. The molecule has 9 heteroatoms. The van der Waals surface area contributed by atoms with E-state index in [-0.39, 0.29) is 11.3 Å². The van der Waals surface area contributed by atoms with E-state index in [1.165, 1.54) is 17.4 Å². The fourth-order valence-electron chi connectivity index (χ4n) is 3.25. The van der Waals surface area contributed by atoms with Gasteiger partial charge < -0.3 is 10.2 Å². The third-order valence-electron chi connectivity index (χ3n) is 4.95. The summed E-state index contributed by atoms with van der Waals surface area (Å²) < 4.78 is 0. The molecular weight excluding hydrogens is 460 g/mol. The summed E-state index contributed by atoms with van der Waals surface area (Å²) >= 11 is 7.49. The molecule has 0 aliphatic carbocycles. The largest absolute Gasteiger partial charge is 0.372 e. The predicted octanol–water partition coefficient (Wildman–Crippen LogP) is 6.36. The number of anilines is 2. The Hall–Kier alpha value is -3.75. The van der Waals surface area contributed by atoms with Crippen LogP contribution in [0, 0.1) is 10.1 Å². The minimum Gasteiger partial charge on any atom is -0.372 e. The van der Waals surface area contributed by atoms with Gasteiger partial charge in [0.25, 0.3) is 11.6 Å². The highest BCUT2D eigenvalue weighted by Gasteiger charge is 2.19. The Morgan fingerprint density at radius 1 is 1.03 bits per heavy atom. The maximum atomic E-state index is 12.6. The molecule has 7 nitrogen and oxygen atoms in total. The van der Waals surface area contributed by atoms with Gasteiger partial charge in [0.1, 0.15) is 10.7 Å². The number of hydrogen-bond acceptors (Lipinski definition) is 6. The minimum absolute atomic E-state index is 0.122. The van der Waals surface area contributed by atoms with Gasteiger partial charge in [-0.1, -0.05) is 35.9 Å². The van der Waals surface area contributed by atoms with Crippen LogP contribution in [0.5, 0.6) is 0 Å². The van der Waals surface area contributed by atoms with E-state index < -0.39 is 10.8 Å². The Morgan fingerprint density at radius 3 is 2.33 bits per heavy atom. The van der Waals surface area contributed by atoms with Gasteiger partial charge in [-0.25, -0.2) is 4.98 Å². The highest BCUT2D eigenvalue weighted by atomic mass is 35.5. The topological polar surface area (TPSA) is 88.4 Å². The van der Waals surface area contributed by atoms with Gasteiger partial charge in [-0.05, 0) is 36.4 Å². The molecule has 166 valence electrons. The molecule has 1 amide bonds. The van der Waals surface area contributed by atoms with Crippen molar-refractivity contribution in [2.75, 3.05) is 24.3 Å². The smallest absolute Gasteiger partial charge is 0.293 e. The zero-order chi connectivity index (χ0) is 23.5. The highest BCUT2D eigenvalue weighted by molar-refractivity contribution is 7.13. The molecule has 0 bridgehead atoms. The Balaban J connectivity index is 1.49. The lowest BCUT2D eigenvalue weighted by molar-refractivity contribution is -0.384. The van der Waals surface area contributed by atoms with Crippen LogP contribution in [0.15, 0.2) is 72.1 Å². The Kier molecular flexibility index (Phi) is 6.39. The molecule has 1 heterocycles. The fourth-order valence-corrected chi connectivity index (χ4v) is 4.21. The zero-order valence-electron chi connectivity index (χ0n) is 17.8. The van der Waals surface area contributed by atoms with Gasteiger partial charge in [-0.15, -0.1) is 11.3 Å². The first-order chi connectivity index (χ1) is 15.8. The van der Waals surface area contributed by atoms with Crippen LogP contribution in [-0.2, 0) is 0 Å². The summed E-state index contributed by atoms with van der Waals surface area (Å²) in [6.45, 7) is 0. The quantitative estimate of drug-likeness (QED) is 0.257. The van der Waals surface area contributed by atoms with Crippen molar-refractivity contribution in [2.24, 2.45) is 0 Å². The first kappa shape index (κ1) is 22.4. The summed E-state index contributed by atoms with van der Waals surface area (Å²) in [4.78, 5) is 29.8. The second-order valence-electron chi connectivity index (χ2n) is 7.43. The van der Waals surface area contributed by atoms with Crippen LogP contribution in [0.2, 0.25) is 5.02 Å². The molecule has 0 spiro atoms. The van der Waals surface area contributed by atoms with Crippen LogP contribution in [0.3, 0.4) is 0 Å². The van der Waals surface area contributed by atoms with E-state index in [1.54, 1.807) is 43.3 Å². The van der Waals surface area contributed by atoms with Crippen LogP contribution in [-0.4, -0.2) is 29.9 Å². The molecule has 3 aromatic carbocycles. The lowest BCUT2D eigenvalue weighted by Crippen LogP contribution is -2.15. The Morgan fingerprint density at radius 2 is 1.70 bits per heavy atom. The van der Waals surface area contributed by atoms with Gasteiger partial charge in [0.15, 0.2) is 0 Å². The average molecular weight is 479 g/mol. The van der Waals surface area contributed by atoms with E-state index in [9.17, 15) is 14.9 Å². The number of aromatic nitrogens is 1. The maximum Gasteiger partial charge on any atom is 0.293 e. The van der Waals surface area contributed by atoms with Crippen molar-refractivity contribution < 1.29 is 9.72 Å². The van der Waals surface area contributed by atoms with Crippen molar-refractivity contribution in [1.82, 2.24) is 4.98 Å². The molecule has 0 aliphatic rings. The number of nitro groups is 1. The van der Waals surface area contributed by atoms with E-state index in [2.05, 4.69) is 10.3 Å². The van der Waals surface area contributed by atoms with Crippen LogP contribution in [0.4, 0.5) is 17.1 Å². The summed E-state index contributed by atoms with van der Waals surface area (Å²) in [7, 11) is 3.43. The number of halogens is 1. The molecule has 4 aromatic rings. The number of nitro benzene ring substituents is 1. The van der Waals surface area contributed by atoms with Gasteiger partial charge in [0, 0.05) is 52.9 Å². The number of hydrogen-bond donors (Lipinski definition) is 1. The van der Waals surface area contributed by atoms with Gasteiger partial charge in [0.2, 0.25) is 0 Å². The van der Waals surface area contributed by atoms with Crippen LogP contribution in [0.1, 0.15) is 10.4 Å². The zero-order valence-corrected chi connectivity index (χ0v) is 19.4. The summed E-state index contributed by atoms with van der Waals surface area (Å²) in [6.07, 6.45) is 0. The van der Waals surface area contributed by atoms with Gasteiger partial charge in [-0.2, -0.15) is 0 Å². The van der Waals surface area contributed by atoms with Crippen LogP contribution >= 0.6 is 22.9 Å². The number of amides is 1. The Bertz CT molecular complexity index is 1320. The van der Waals surface area contributed by atoms with Crippen molar-refractivity contribution in [3.05, 3.63) is 92.8 Å². The van der Waals surface area contributed by atoms with E-state index in [1.807, 2.05) is 41.8 Å². The Labute approximate surface area is 199 Å². The number of carbonyl (C=O) groups excluding carboxylic acids is 1. The van der Waals surface area contributed by atoms with Crippen molar-refractivity contribution in [1.29, 1.82) is 0 Å². The fraction of sp³-hybridized carbons (Fsp3) is 0.0833. The molecule has 33 heavy (non-hydrogen) atoms. The molecule has 0 unspecified atom stereocenters. The highest BCUT2D eigenvalue weighted by Crippen LogP contribution is 2.31. The number of nitrogens with one attached hydrogen (secondary N) is 1. The predicted molar refractivity (Wildman–Crippen MR) is 133 cm³/mol. The molecule has 1 N–H and O–H groups in total. The van der Waals surface area contributed by atoms with Crippen LogP contribution < -0.4 is 10.2 Å². The molecule has 0 saturated carbocycles. The molecular formula is C24H19ClN4O3S. The number of rotatable bonds is 6. The van der Waals surface area contributed by atoms with Gasteiger partial charge >= 0.3 is 0 Å². The lowest BCUT2D eigenvalue weighted by atomic mass is 10.1. The number of nitrogens with zero attached hydrogens (tertiary/aromatic N) is 3. The molecule has 4 rings (SSSR count). The van der Waals surface area contributed by atoms with E-state index in [4.69, 9.17) is 11.6 Å². The minimum atomic E-state index is -0.493. The van der Waals surface area contributed by atoms with Crippen molar-refractivity contribution in [3.8, 4) is 21.8 Å². The summed E-state index contributed by atoms with van der Waals surface area (Å²) in [6, 6.07) is 19.2. The summed E-state index contributed by atoms with van der Waals surface area (Å²) in [5.41, 5.74) is 3.84. The van der Waals surface area contributed by atoms with Gasteiger partial charge in [-0.3, -0.25) is 14.9 Å².